The molecule has 0 aliphatic rings. The van der Waals surface area contributed by atoms with Crippen molar-refractivity contribution in [1.29, 1.82) is 0 Å². The Morgan fingerprint density at radius 2 is 2.18 bits per heavy atom. The van der Waals surface area contributed by atoms with Gasteiger partial charge in [0, 0.05) is 13.6 Å². The zero-order chi connectivity index (χ0) is 8.85. The Kier molecular flexibility index (Phi) is 4.41. The van der Waals surface area contributed by atoms with Gasteiger partial charge in [-0.05, 0) is 12.3 Å². The van der Waals surface area contributed by atoms with E-state index in [1.54, 1.807) is 11.9 Å². The summed E-state index contributed by atoms with van der Waals surface area (Å²) in [5.41, 5.74) is 5.33. The largest absolute Gasteiger partial charge is 0.408 e. The van der Waals surface area contributed by atoms with Crippen LogP contribution >= 0.6 is 0 Å². The molecule has 0 saturated carbocycles. The molecule has 4 nitrogen and oxygen atoms in total. The van der Waals surface area contributed by atoms with Gasteiger partial charge in [0.05, 0.1) is 0 Å². The summed E-state index contributed by atoms with van der Waals surface area (Å²) in [6.07, 6.45) is 1.05. The second kappa shape index (κ2) is 4.82. The number of guanidine groups is 1. The molecule has 0 aromatic carbocycles. The molecule has 3 N–H and O–H groups in total. The highest BCUT2D eigenvalue weighted by molar-refractivity contribution is 5.76. The summed E-state index contributed by atoms with van der Waals surface area (Å²) in [7, 11) is 1.80. The van der Waals surface area contributed by atoms with Crippen molar-refractivity contribution in [2.45, 2.75) is 20.3 Å². The van der Waals surface area contributed by atoms with Crippen LogP contribution in [0.2, 0.25) is 0 Å². The van der Waals surface area contributed by atoms with Crippen LogP contribution in [0.3, 0.4) is 0 Å². The predicted molar refractivity (Wildman–Crippen MR) is 45.5 cm³/mol. The first kappa shape index (κ1) is 10.1. The van der Waals surface area contributed by atoms with Gasteiger partial charge in [0.25, 0.3) is 0 Å². The van der Waals surface area contributed by atoms with Crippen molar-refractivity contribution < 1.29 is 5.21 Å². The van der Waals surface area contributed by atoms with Crippen LogP contribution in [0.15, 0.2) is 5.16 Å². The van der Waals surface area contributed by atoms with Crippen molar-refractivity contribution in [3.8, 4) is 0 Å². The minimum absolute atomic E-state index is 0.172. The third-order valence-electron chi connectivity index (χ3n) is 1.54. The second-order valence-corrected chi connectivity index (χ2v) is 3.06. The van der Waals surface area contributed by atoms with E-state index in [1.165, 1.54) is 0 Å². The zero-order valence-corrected chi connectivity index (χ0v) is 7.41. The quantitative estimate of drug-likeness (QED) is 0.275. The van der Waals surface area contributed by atoms with Crippen LogP contribution in [0.25, 0.3) is 0 Å². The van der Waals surface area contributed by atoms with Crippen LogP contribution in [-0.4, -0.2) is 29.7 Å². The lowest BCUT2D eigenvalue weighted by Crippen LogP contribution is -2.34. The van der Waals surface area contributed by atoms with Gasteiger partial charge in [0.2, 0.25) is 5.96 Å². The summed E-state index contributed by atoms with van der Waals surface area (Å²) in [6.45, 7) is 5.10. The number of hydrogen-bond donors (Lipinski definition) is 2. The fraction of sp³-hybridized carbons (Fsp3) is 0.857. The van der Waals surface area contributed by atoms with Crippen molar-refractivity contribution in [2.24, 2.45) is 16.8 Å². The van der Waals surface area contributed by atoms with Crippen LogP contribution < -0.4 is 5.73 Å². The average Bonchev–Trinajstić information content (AvgIpc) is 1.98. The zero-order valence-electron chi connectivity index (χ0n) is 7.41. The van der Waals surface area contributed by atoms with E-state index in [9.17, 15) is 0 Å². The van der Waals surface area contributed by atoms with Crippen LogP contribution in [0.5, 0.6) is 0 Å². The molecule has 0 unspecified atom stereocenters. The van der Waals surface area contributed by atoms with E-state index in [0.717, 1.165) is 13.0 Å². The SMILES string of the molecule is CC(C)CCN(C)C(N)=NO. The minimum Gasteiger partial charge on any atom is -0.408 e. The Morgan fingerprint density at radius 1 is 1.64 bits per heavy atom. The molecule has 0 rings (SSSR count). The van der Waals surface area contributed by atoms with Crippen LogP contribution in [0.4, 0.5) is 0 Å². The normalized spacial score (nSPS) is 12.2. The van der Waals surface area contributed by atoms with Gasteiger partial charge in [0.1, 0.15) is 0 Å². The van der Waals surface area contributed by atoms with Gasteiger partial charge in [-0.2, -0.15) is 0 Å². The lowest BCUT2D eigenvalue weighted by molar-refractivity contribution is 0.302. The fourth-order valence-electron chi connectivity index (χ4n) is 0.643. The van der Waals surface area contributed by atoms with E-state index in [2.05, 4.69) is 19.0 Å². The summed E-state index contributed by atoms with van der Waals surface area (Å²) in [4.78, 5) is 1.72. The van der Waals surface area contributed by atoms with Gasteiger partial charge in [0.15, 0.2) is 0 Å². The maximum absolute atomic E-state index is 8.29. The van der Waals surface area contributed by atoms with Gasteiger partial charge < -0.3 is 15.8 Å². The monoisotopic (exact) mass is 159 g/mol. The molecule has 0 radical (unpaired) electrons. The lowest BCUT2D eigenvalue weighted by atomic mass is 10.1. The van der Waals surface area contributed by atoms with E-state index in [0.29, 0.717) is 5.92 Å². The standard InChI is InChI=1S/C7H17N3O/c1-6(2)4-5-10(3)7(8)9-11/h6,11H,4-5H2,1-3H3,(H2,8,9). The molecule has 0 spiro atoms. The molecule has 0 saturated heterocycles. The Bertz CT molecular complexity index is 134. The molecular formula is C7H17N3O. The van der Waals surface area contributed by atoms with Crippen LogP contribution in [0, 0.1) is 5.92 Å². The van der Waals surface area contributed by atoms with Crippen LogP contribution in [0.1, 0.15) is 20.3 Å². The molecule has 0 atom stereocenters. The summed E-state index contributed by atoms with van der Waals surface area (Å²) >= 11 is 0. The van der Waals surface area contributed by atoms with Gasteiger partial charge in [-0.1, -0.05) is 19.0 Å². The highest BCUT2D eigenvalue weighted by Crippen LogP contribution is 1.99. The second-order valence-electron chi connectivity index (χ2n) is 3.06. The summed E-state index contributed by atoms with van der Waals surface area (Å²) in [5.74, 6) is 0.814. The third kappa shape index (κ3) is 4.47. The summed E-state index contributed by atoms with van der Waals surface area (Å²) in [5, 5.41) is 11.2. The molecule has 66 valence electrons. The lowest BCUT2D eigenvalue weighted by Gasteiger charge is -2.17. The summed E-state index contributed by atoms with van der Waals surface area (Å²) < 4.78 is 0. The van der Waals surface area contributed by atoms with Gasteiger partial charge in [-0.25, -0.2) is 0 Å². The van der Waals surface area contributed by atoms with Crippen molar-refractivity contribution >= 4 is 5.96 Å². The molecule has 0 aromatic rings. The molecule has 0 aliphatic carbocycles. The fourth-order valence-corrected chi connectivity index (χ4v) is 0.643. The molecular weight excluding hydrogens is 142 g/mol. The van der Waals surface area contributed by atoms with Crippen molar-refractivity contribution in [2.75, 3.05) is 13.6 Å². The average molecular weight is 159 g/mol. The molecule has 0 bridgehead atoms. The Morgan fingerprint density at radius 3 is 2.55 bits per heavy atom. The Hall–Kier alpha value is -0.930. The number of nitrogens with two attached hydrogens (primary N) is 1. The van der Waals surface area contributed by atoms with Gasteiger partial charge >= 0.3 is 0 Å². The van der Waals surface area contributed by atoms with Crippen molar-refractivity contribution in [3.05, 3.63) is 0 Å². The van der Waals surface area contributed by atoms with E-state index in [-0.39, 0.29) is 5.96 Å². The Labute approximate surface area is 67.7 Å². The molecule has 0 fully saturated rings. The molecule has 0 heterocycles. The number of hydrogen-bond acceptors (Lipinski definition) is 2. The van der Waals surface area contributed by atoms with Crippen LogP contribution in [-0.2, 0) is 0 Å². The number of oxime groups is 1. The van der Waals surface area contributed by atoms with Crippen molar-refractivity contribution in [3.63, 3.8) is 0 Å². The first-order valence-corrected chi connectivity index (χ1v) is 3.76. The highest BCUT2D eigenvalue weighted by Gasteiger charge is 2.02. The summed E-state index contributed by atoms with van der Waals surface area (Å²) in [6, 6.07) is 0. The van der Waals surface area contributed by atoms with E-state index < -0.39 is 0 Å². The van der Waals surface area contributed by atoms with E-state index >= 15 is 0 Å². The minimum atomic E-state index is 0.172. The molecule has 4 heteroatoms. The smallest absolute Gasteiger partial charge is 0.233 e. The molecule has 0 aliphatic heterocycles. The predicted octanol–water partition coefficient (Wildman–Crippen LogP) is 0.668. The Balaban J connectivity index is 3.61. The third-order valence-corrected chi connectivity index (χ3v) is 1.54. The van der Waals surface area contributed by atoms with Gasteiger partial charge in [-0.3, -0.25) is 0 Å². The molecule has 0 aromatic heterocycles. The maximum Gasteiger partial charge on any atom is 0.233 e. The maximum atomic E-state index is 8.29. The van der Waals surface area contributed by atoms with E-state index in [1.807, 2.05) is 0 Å². The topological polar surface area (TPSA) is 61.8 Å². The number of rotatable bonds is 3. The first-order chi connectivity index (χ1) is 5.07. The van der Waals surface area contributed by atoms with Gasteiger partial charge in [-0.15, -0.1) is 0 Å². The molecule has 11 heavy (non-hydrogen) atoms. The number of nitrogens with zero attached hydrogens (tertiary/aromatic N) is 2. The highest BCUT2D eigenvalue weighted by atomic mass is 16.4. The first-order valence-electron chi connectivity index (χ1n) is 3.76. The van der Waals surface area contributed by atoms with E-state index in [4.69, 9.17) is 10.9 Å². The van der Waals surface area contributed by atoms with Crippen molar-refractivity contribution in [1.82, 2.24) is 4.90 Å². The molecule has 0 amide bonds.